The Morgan fingerprint density at radius 1 is 1.00 bits per heavy atom. The molecule has 0 saturated carbocycles. The van der Waals surface area contributed by atoms with Crippen LogP contribution in [0.1, 0.15) is 15.9 Å². The summed E-state index contributed by atoms with van der Waals surface area (Å²) >= 11 is 1.77. The molecule has 2 aromatic carbocycles. The van der Waals surface area contributed by atoms with Gasteiger partial charge >= 0.3 is 6.18 Å². The van der Waals surface area contributed by atoms with Gasteiger partial charge in [0.25, 0.3) is 5.91 Å². The van der Waals surface area contributed by atoms with Crippen LogP contribution in [0.15, 0.2) is 30.3 Å². The average Bonchev–Trinajstić information content (AvgIpc) is 2.60. The van der Waals surface area contributed by atoms with Crippen LogP contribution in [0.5, 0.6) is 17.2 Å². The smallest absolute Gasteiger partial charge is 0.418 e. The Hall–Kier alpha value is -2.17. The summed E-state index contributed by atoms with van der Waals surface area (Å²) in [7, 11) is 4.15. The van der Waals surface area contributed by atoms with E-state index in [1.54, 1.807) is 22.6 Å². The lowest BCUT2D eigenvalue weighted by Gasteiger charge is -2.16. The van der Waals surface area contributed by atoms with Gasteiger partial charge in [-0.05, 0) is 52.9 Å². The minimum atomic E-state index is -4.60. The number of ether oxygens (including phenoxy) is 3. The summed E-state index contributed by atoms with van der Waals surface area (Å²) in [6, 6.07) is 6.36. The molecule has 0 radical (unpaired) electrons. The van der Waals surface area contributed by atoms with E-state index in [2.05, 4.69) is 5.32 Å². The molecule has 1 amide bonds. The second-order valence-electron chi connectivity index (χ2n) is 5.06. The molecule has 0 fully saturated rings. The highest BCUT2D eigenvalue weighted by Gasteiger charge is 2.34. The number of anilines is 1. The highest BCUT2D eigenvalue weighted by Crippen LogP contribution is 2.39. The fourth-order valence-electron chi connectivity index (χ4n) is 2.27. The molecule has 2 aromatic rings. The third-order valence-electron chi connectivity index (χ3n) is 3.46. The molecule has 0 aliphatic rings. The summed E-state index contributed by atoms with van der Waals surface area (Å²) in [5, 5.41) is 2.29. The van der Waals surface area contributed by atoms with Crippen LogP contribution in [0.2, 0.25) is 0 Å². The van der Waals surface area contributed by atoms with Gasteiger partial charge in [0.1, 0.15) is 0 Å². The van der Waals surface area contributed by atoms with E-state index in [0.717, 1.165) is 6.07 Å². The van der Waals surface area contributed by atoms with Crippen molar-refractivity contribution in [3.05, 3.63) is 45.0 Å². The molecule has 0 aliphatic heterocycles. The van der Waals surface area contributed by atoms with Gasteiger partial charge in [0.15, 0.2) is 11.5 Å². The van der Waals surface area contributed by atoms with E-state index in [9.17, 15) is 18.0 Å². The Kier molecular flexibility index (Phi) is 6.21. The van der Waals surface area contributed by atoms with Crippen molar-refractivity contribution in [2.45, 2.75) is 6.18 Å². The fraction of sp³-hybridized carbons (Fsp3) is 0.235. The van der Waals surface area contributed by atoms with Crippen molar-refractivity contribution in [1.29, 1.82) is 0 Å². The van der Waals surface area contributed by atoms with E-state index >= 15 is 0 Å². The van der Waals surface area contributed by atoms with Gasteiger partial charge in [0.2, 0.25) is 5.75 Å². The average molecular weight is 481 g/mol. The Morgan fingerprint density at radius 3 is 2.04 bits per heavy atom. The molecule has 0 spiro atoms. The molecule has 0 atom stereocenters. The van der Waals surface area contributed by atoms with Crippen LogP contribution < -0.4 is 19.5 Å². The van der Waals surface area contributed by atoms with Crippen molar-refractivity contribution in [1.82, 2.24) is 0 Å². The van der Waals surface area contributed by atoms with Gasteiger partial charge in [0, 0.05) is 9.13 Å². The molecule has 5 nitrogen and oxygen atoms in total. The van der Waals surface area contributed by atoms with Crippen molar-refractivity contribution >= 4 is 34.2 Å². The first kappa shape index (κ1) is 20.1. The van der Waals surface area contributed by atoms with Gasteiger partial charge in [-0.25, -0.2) is 0 Å². The van der Waals surface area contributed by atoms with Crippen LogP contribution in [0, 0.1) is 3.57 Å². The molecule has 0 saturated heterocycles. The summed E-state index contributed by atoms with van der Waals surface area (Å²) in [5.41, 5.74) is -1.20. The topological polar surface area (TPSA) is 56.8 Å². The standard InChI is InChI=1S/C17H15F3INO4/c1-24-13-6-9(7-14(25-2)15(13)26-3)16(23)22-12-5-4-10(21)8-11(12)17(18,19)20/h4-8H,1-3H3,(H,22,23). The minimum absolute atomic E-state index is 0.0613. The molecule has 0 aliphatic carbocycles. The normalized spacial score (nSPS) is 11.0. The molecule has 1 N–H and O–H groups in total. The number of amides is 1. The molecule has 0 aromatic heterocycles. The first-order valence-corrected chi connectivity index (χ1v) is 8.27. The maximum absolute atomic E-state index is 13.2. The molecule has 0 unspecified atom stereocenters. The largest absolute Gasteiger partial charge is 0.493 e. The van der Waals surface area contributed by atoms with Gasteiger partial charge < -0.3 is 19.5 Å². The molecule has 0 bridgehead atoms. The molecule has 9 heteroatoms. The second-order valence-corrected chi connectivity index (χ2v) is 6.30. The Bertz CT molecular complexity index is 799. The number of rotatable bonds is 5. The van der Waals surface area contributed by atoms with Crippen LogP contribution in [0.3, 0.4) is 0 Å². The summed E-state index contributed by atoms with van der Waals surface area (Å²) in [5.74, 6) is -0.0286. The van der Waals surface area contributed by atoms with Crippen molar-refractivity contribution in [3.63, 3.8) is 0 Å². The Morgan fingerprint density at radius 2 is 1.58 bits per heavy atom. The number of hydrogen-bond donors (Lipinski definition) is 1. The van der Waals surface area contributed by atoms with E-state index in [4.69, 9.17) is 14.2 Å². The Balaban J connectivity index is 2.43. The molecule has 0 heterocycles. The maximum Gasteiger partial charge on any atom is 0.418 e. The molecule has 140 valence electrons. The first-order valence-electron chi connectivity index (χ1n) is 7.19. The third kappa shape index (κ3) is 4.32. The van der Waals surface area contributed by atoms with Crippen molar-refractivity contribution in [2.24, 2.45) is 0 Å². The third-order valence-corrected chi connectivity index (χ3v) is 4.13. The van der Waals surface area contributed by atoms with Gasteiger partial charge in [0.05, 0.1) is 32.6 Å². The highest BCUT2D eigenvalue weighted by molar-refractivity contribution is 14.1. The monoisotopic (exact) mass is 481 g/mol. The lowest BCUT2D eigenvalue weighted by Crippen LogP contribution is -2.17. The number of hydrogen-bond acceptors (Lipinski definition) is 4. The second kappa shape index (κ2) is 8.02. The maximum atomic E-state index is 13.2. The number of carbonyl (C=O) groups excluding carboxylic acids is 1. The summed E-state index contributed by atoms with van der Waals surface area (Å²) in [6.45, 7) is 0. The van der Waals surface area contributed by atoms with Crippen LogP contribution in [-0.4, -0.2) is 27.2 Å². The number of benzene rings is 2. The van der Waals surface area contributed by atoms with E-state index in [1.807, 2.05) is 0 Å². The lowest BCUT2D eigenvalue weighted by atomic mass is 10.1. The van der Waals surface area contributed by atoms with Crippen LogP contribution >= 0.6 is 22.6 Å². The van der Waals surface area contributed by atoms with Gasteiger partial charge in [-0.15, -0.1) is 0 Å². The van der Waals surface area contributed by atoms with E-state index < -0.39 is 17.6 Å². The quantitative estimate of drug-likeness (QED) is 0.636. The highest BCUT2D eigenvalue weighted by atomic mass is 127. The minimum Gasteiger partial charge on any atom is -0.493 e. The van der Waals surface area contributed by atoms with E-state index in [-0.39, 0.29) is 28.5 Å². The zero-order valence-electron chi connectivity index (χ0n) is 14.0. The van der Waals surface area contributed by atoms with Crippen LogP contribution in [0.25, 0.3) is 0 Å². The van der Waals surface area contributed by atoms with Crippen LogP contribution in [-0.2, 0) is 6.18 Å². The molecular formula is C17H15F3INO4. The predicted molar refractivity (Wildman–Crippen MR) is 98.2 cm³/mol. The van der Waals surface area contributed by atoms with E-state index in [0.29, 0.717) is 3.57 Å². The molecule has 26 heavy (non-hydrogen) atoms. The number of nitrogens with one attached hydrogen (secondary N) is 1. The van der Waals surface area contributed by atoms with Crippen LogP contribution in [0.4, 0.5) is 18.9 Å². The predicted octanol–water partition coefficient (Wildman–Crippen LogP) is 4.59. The summed E-state index contributed by atoms with van der Waals surface area (Å²) in [4.78, 5) is 12.5. The van der Waals surface area contributed by atoms with Gasteiger partial charge in [-0.1, -0.05) is 0 Å². The number of carbonyl (C=O) groups is 1. The number of alkyl halides is 3. The number of methoxy groups -OCH3 is 3. The van der Waals surface area contributed by atoms with Crippen molar-refractivity contribution < 1.29 is 32.2 Å². The van der Waals surface area contributed by atoms with Gasteiger partial charge in [-0.3, -0.25) is 4.79 Å². The van der Waals surface area contributed by atoms with Gasteiger partial charge in [-0.2, -0.15) is 13.2 Å². The zero-order chi connectivity index (χ0) is 19.5. The Labute approximate surface area is 161 Å². The van der Waals surface area contributed by atoms with Crippen molar-refractivity contribution in [3.8, 4) is 17.2 Å². The summed E-state index contributed by atoms with van der Waals surface area (Å²) < 4.78 is 55.5. The SMILES string of the molecule is COc1cc(C(=O)Nc2ccc(I)cc2C(F)(F)F)cc(OC)c1OC. The van der Waals surface area contributed by atoms with E-state index in [1.165, 1.54) is 45.6 Å². The van der Waals surface area contributed by atoms with Crippen molar-refractivity contribution in [2.75, 3.05) is 26.6 Å². The first-order chi connectivity index (χ1) is 12.2. The lowest BCUT2D eigenvalue weighted by molar-refractivity contribution is -0.137. The number of halogens is 4. The molecule has 2 rings (SSSR count). The zero-order valence-corrected chi connectivity index (χ0v) is 16.2. The fourth-order valence-corrected chi connectivity index (χ4v) is 2.76. The summed E-state index contributed by atoms with van der Waals surface area (Å²) in [6.07, 6.45) is -4.60. The molecular weight excluding hydrogens is 466 g/mol.